The van der Waals surface area contributed by atoms with E-state index in [1.165, 1.54) is 90.2 Å². The summed E-state index contributed by atoms with van der Waals surface area (Å²) < 4.78 is 11.4. The van der Waals surface area contributed by atoms with Crippen LogP contribution in [0.3, 0.4) is 0 Å². The first-order chi connectivity index (χ1) is 14.8. The van der Waals surface area contributed by atoms with Crippen molar-refractivity contribution in [2.75, 3.05) is 7.11 Å². The standard InChI is InChI=1S/C26H48O4Si/c1-6-7-8-9-10-11-12-13-14-15-16-17-18-19-21-26(30-31(3,4)5)22-20-23(27)24(26)25(28)29-2/h20,22,24H,6-19,21H2,1-5H3/t24?,26-/m0/s1. The zero-order valence-corrected chi connectivity index (χ0v) is 22.0. The Hall–Kier alpha value is -0.943. The third kappa shape index (κ3) is 11.0. The van der Waals surface area contributed by atoms with Crippen LogP contribution in [0.4, 0.5) is 0 Å². The Morgan fingerprint density at radius 2 is 1.32 bits per heavy atom. The molecule has 1 rings (SSSR count). The number of allylic oxidation sites excluding steroid dienone is 1. The summed E-state index contributed by atoms with van der Waals surface area (Å²) in [5.41, 5.74) is -0.814. The van der Waals surface area contributed by atoms with Gasteiger partial charge in [0.15, 0.2) is 20.0 Å². The van der Waals surface area contributed by atoms with Crippen LogP contribution in [0.15, 0.2) is 12.2 Å². The normalized spacial score (nSPS) is 21.1. The SMILES string of the molecule is CCCCCCCCCCCCCCCC[C@]1(O[Si](C)(C)C)C=CC(=O)C1C(=O)OC. The highest BCUT2D eigenvalue weighted by atomic mass is 28.4. The van der Waals surface area contributed by atoms with Gasteiger partial charge in [0.2, 0.25) is 0 Å². The van der Waals surface area contributed by atoms with E-state index in [-0.39, 0.29) is 5.78 Å². The molecule has 4 nitrogen and oxygen atoms in total. The average Bonchev–Trinajstić information content (AvgIpc) is 3.02. The number of rotatable bonds is 18. The molecule has 0 aliphatic heterocycles. The van der Waals surface area contributed by atoms with E-state index in [9.17, 15) is 9.59 Å². The third-order valence-corrected chi connectivity index (χ3v) is 7.15. The first kappa shape index (κ1) is 28.1. The monoisotopic (exact) mass is 452 g/mol. The smallest absolute Gasteiger partial charge is 0.319 e. The highest BCUT2D eigenvalue weighted by Crippen LogP contribution is 2.39. The lowest BCUT2D eigenvalue weighted by Gasteiger charge is -2.38. The molecule has 0 spiro atoms. The van der Waals surface area contributed by atoms with Crippen molar-refractivity contribution < 1.29 is 18.8 Å². The van der Waals surface area contributed by atoms with Gasteiger partial charge in [-0.3, -0.25) is 9.59 Å². The van der Waals surface area contributed by atoms with E-state index >= 15 is 0 Å². The molecule has 31 heavy (non-hydrogen) atoms. The van der Waals surface area contributed by atoms with Crippen LogP contribution in [0, 0.1) is 5.92 Å². The average molecular weight is 453 g/mol. The number of methoxy groups -OCH3 is 1. The van der Waals surface area contributed by atoms with Crippen LogP contribution >= 0.6 is 0 Å². The van der Waals surface area contributed by atoms with E-state index in [2.05, 4.69) is 26.6 Å². The molecule has 0 bridgehead atoms. The Morgan fingerprint density at radius 3 is 1.74 bits per heavy atom. The second kappa shape index (κ2) is 15.0. The van der Waals surface area contributed by atoms with Crippen molar-refractivity contribution in [1.29, 1.82) is 0 Å². The summed E-state index contributed by atoms with van der Waals surface area (Å²) in [4.78, 5) is 24.7. The first-order valence-corrected chi connectivity index (χ1v) is 16.2. The minimum Gasteiger partial charge on any atom is -0.468 e. The molecule has 0 aromatic rings. The molecule has 2 atom stereocenters. The fourth-order valence-corrected chi connectivity index (χ4v) is 6.06. The highest BCUT2D eigenvalue weighted by molar-refractivity contribution is 6.69. The molecule has 1 aliphatic carbocycles. The number of ketones is 1. The third-order valence-electron chi connectivity index (χ3n) is 6.16. The van der Waals surface area contributed by atoms with Gasteiger partial charge < -0.3 is 9.16 Å². The van der Waals surface area contributed by atoms with E-state index in [4.69, 9.17) is 9.16 Å². The summed E-state index contributed by atoms with van der Waals surface area (Å²) in [5.74, 6) is -1.50. The number of ether oxygens (including phenoxy) is 1. The molecular formula is C26H48O4Si. The highest BCUT2D eigenvalue weighted by Gasteiger charge is 2.51. The van der Waals surface area contributed by atoms with Crippen molar-refractivity contribution in [3.8, 4) is 0 Å². The molecule has 1 unspecified atom stereocenters. The summed E-state index contributed by atoms with van der Waals surface area (Å²) in [6.07, 6.45) is 22.4. The van der Waals surface area contributed by atoms with Gasteiger partial charge in [0, 0.05) is 0 Å². The number of hydrogen-bond acceptors (Lipinski definition) is 4. The van der Waals surface area contributed by atoms with Crippen LogP contribution < -0.4 is 0 Å². The molecule has 5 heteroatoms. The number of hydrogen-bond donors (Lipinski definition) is 0. The van der Waals surface area contributed by atoms with Gasteiger partial charge in [-0.25, -0.2) is 0 Å². The van der Waals surface area contributed by atoms with E-state index in [0.29, 0.717) is 6.42 Å². The lowest BCUT2D eigenvalue weighted by molar-refractivity contribution is -0.154. The number of carbonyl (C=O) groups is 2. The maximum absolute atomic E-state index is 12.4. The van der Waals surface area contributed by atoms with Gasteiger partial charge in [0.1, 0.15) is 0 Å². The minimum atomic E-state index is -1.94. The Kier molecular flexibility index (Phi) is 13.6. The topological polar surface area (TPSA) is 52.6 Å². The minimum absolute atomic E-state index is 0.185. The van der Waals surface area contributed by atoms with Crippen molar-refractivity contribution in [2.45, 2.75) is 128 Å². The largest absolute Gasteiger partial charge is 0.468 e. The molecule has 0 fully saturated rings. The van der Waals surface area contributed by atoms with E-state index < -0.39 is 25.8 Å². The van der Waals surface area contributed by atoms with Gasteiger partial charge in [-0.1, -0.05) is 96.8 Å². The lowest BCUT2D eigenvalue weighted by Crippen LogP contribution is -2.49. The Balaban J connectivity index is 2.26. The van der Waals surface area contributed by atoms with Crippen molar-refractivity contribution >= 4 is 20.1 Å². The molecule has 180 valence electrons. The van der Waals surface area contributed by atoms with Gasteiger partial charge in [-0.05, 0) is 38.2 Å². The van der Waals surface area contributed by atoms with Gasteiger partial charge in [0.05, 0.1) is 12.7 Å². The summed E-state index contributed by atoms with van der Waals surface area (Å²) in [6, 6.07) is 0. The zero-order chi connectivity index (χ0) is 23.2. The molecule has 1 aliphatic rings. The molecule has 0 heterocycles. The van der Waals surface area contributed by atoms with Crippen LogP contribution in [0.5, 0.6) is 0 Å². The molecule has 0 saturated heterocycles. The van der Waals surface area contributed by atoms with Gasteiger partial charge in [-0.2, -0.15) is 0 Å². The summed E-state index contributed by atoms with van der Waals surface area (Å²) >= 11 is 0. The Morgan fingerprint density at radius 1 is 0.871 bits per heavy atom. The second-order valence-electron chi connectivity index (χ2n) is 10.2. The van der Waals surface area contributed by atoms with Gasteiger partial charge in [-0.15, -0.1) is 0 Å². The zero-order valence-electron chi connectivity index (χ0n) is 21.0. The van der Waals surface area contributed by atoms with E-state index in [1.54, 1.807) is 0 Å². The van der Waals surface area contributed by atoms with Crippen molar-refractivity contribution in [3.63, 3.8) is 0 Å². The predicted molar refractivity (Wildman–Crippen MR) is 132 cm³/mol. The summed E-state index contributed by atoms with van der Waals surface area (Å²) in [6.45, 7) is 8.58. The van der Waals surface area contributed by atoms with Crippen molar-refractivity contribution in [1.82, 2.24) is 0 Å². The maximum Gasteiger partial charge on any atom is 0.319 e. The fourth-order valence-electron chi connectivity index (χ4n) is 4.63. The van der Waals surface area contributed by atoms with Crippen molar-refractivity contribution in [2.24, 2.45) is 5.92 Å². The number of esters is 1. The van der Waals surface area contributed by atoms with Crippen LogP contribution in [0.25, 0.3) is 0 Å². The number of unbranched alkanes of at least 4 members (excludes halogenated alkanes) is 13. The van der Waals surface area contributed by atoms with Crippen LogP contribution in [-0.2, 0) is 18.8 Å². The molecule has 0 radical (unpaired) electrons. The van der Waals surface area contributed by atoms with Gasteiger partial charge in [0.25, 0.3) is 0 Å². The van der Waals surface area contributed by atoms with Crippen LogP contribution in [0.1, 0.15) is 103 Å². The molecule has 0 amide bonds. The summed E-state index contributed by atoms with van der Waals surface area (Å²) in [5, 5.41) is 0. The summed E-state index contributed by atoms with van der Waals surface area (Å²) in [7, 11) is -0.596. The molecule has 0 aromatic heterocycles. The first-order valence-electron chi connectivity index (χ1n) is 12.8. The van der Waals surface area contributed by atoms with Crippen LogP contribution in [0.2, 0.25) is 19.6 Å². The maximum atomic E-state index is 12.4. The Labute approximate surface area is 192 Å². The van der Waals surface area contributed by atoms with E-state index in [1.807, 2.05) is 6.08 Å². The van der Waals surface area contributed by atoms with E-state index in [0.717, 1.165) is 12.8 Å². The predicted octanol–water partition coefficient (Wildman–Crippen LogP) is 7.38. The van der Waals surface area contributed by atoms with Crippen molar-refractivity contribution in [3.05, 3.63) is 12.2 Å². The second-order valence-corrected chi connectivity index (χ2v) is 14.6. The molecule has 0 aromatic carbocycles. The molecular weight excluding hydrogens is 404 g/mol. The van der Waals surface area contributed by atoms with Crippen LogP contribution in [-0.4, -0.2) is 32.8 Å². The quantitative estimate of drug-likeness (QED) is 0.0942. The number of carbonyl (C=O) groups excluding carboxylic acids is 2. The molecule has 0 saturated carbocycles. The Bertz CT molecular complexity index is 552. The fraction of sp³-hybridized carbons (Fsp3) is 0.846. The molecule has 0 N–H and O–H groups in total. The van der Waals surface area contributed by atoms with Gasteiger partial charge >= 0.3 is 5.97 Å². The lowest BCUT2D eigenvalue weighted by atomic mass is 9.85.